The minimum Gasteiger partial charge on any atom is -0.368 e. The number of anilines is 1. The Labute approximate surface area is 100 Å². The average molecular weight is 239 g/mol. The molecule has 2 rings (SSSR count). The second-order valence-electron chi connectivity index (χ2n) is 4.34. The van der Waals surface area contributed by atoms with E-state index in [4.69, 9.17) is 11.5 Å². The van der Waals surface area contributed by atoms with Gasteiger partial charge in [0.05, 0.1) is 6.04 Å². The molecule has 0 saturated carbocycles. The maximum absolute atomic E-state index is 13.1. The molecule has 0 radical (unpaired) electrons. The zero-order valence-corrected chi connectivity index (χ0v) is 9.72. The summed E-state index contributed by atoms with van der Waals surface area (Å²) in [6.45, 7) is 1.94. The molecule has 1 aliphatic rings. The molecule has 94 valence electrons. The first kappa shape index (κ1) is 12.2. The third kappa shape index (κ3) is 2.89. The molecule has 1 aliphatic heterocycles. The Hall–Kier alpha value is -1.27. The van der Waals surface area contributed by atoms with Crippen molar-refractivity contribution in [3.63, 3.8) is 0 Å². The van der Waals surface area contributed by atoms with Gasteiger partial charge in [-0.25, -0.2) is 14.4 Å². The van der Waals surface area contributed by atoms with Crippen LogP contribution in [0, 0.1) is 0 Å². The van der Waals surface area contributed by atoms with Crippen LogP contribution in [0.1, 0.15) is 24.4 Å². The number of piperidine rings is 1. The maximum Gasteiger partial charge on any atom is 0.219 e. The summed E-state index contributed by atoms with van der Waals surface area (Å²) in [6.07, 6.45) is 3.87. The average Bonchev–Trinajstić information content (AvgIpc) is 2.35. The molecular weight excluding hydrogens is 221 g/mol. The van der Waals surface area contributed by atoms with Gasteiger partial charge in [-0.15, -0.1) is 0 Å². The normalized spacial score (nSPS) is 20.4. The number of rotatable bonds is 3. The highest BCUT2D eigenvalue weighted by atomic mass is 19.1. The van der Waals surface area contributed by atoms with E-state index in [1.165, 1.54) is 0 Å². The standard InChI is InChI=1S/C11H18FN5/c12-9-1-3-17(4-2-9)10(5-13)8-6-15-11(14)16-7-8/h6-7,9-10H,1-5,13H2,(H2,14,15,16). The summed E-state index contributed by atoms with van der Waals surface area (Å²) < 4.78 is 13.1. The summed E-state index contributed by atoms with van der Waals surface area (Å²) >= 11 is 0. The molecule has 1 unspecified atom stereocenters. The number of hydrogen-bond donors (Lipinski definition) is 2. The van der Waals surface area contributed by atoms with Gasteiger partial charge in [-0.3, -0.25) is 4.90 Å². The van der Waals surface area contributed by atoms with Crippen LogP contribution in [-0.4, -0.2) is 40.7 Å². The first-order valence-corrected chi connectivity index (χ1v) is 5.86. The van der Waals surface area contributed by atoms with Crippen LogP contribution in [0.5, 0.6) is 0 Å². The van der Waals surface area contributed by atoms with Crippen LogP contribution >= 0.6 is 0 Å². The van der Waals surface area contributed by atoms with E-state index in [0.29, 0.717) is 19.4 Å². The van der Waals surface area contributed by atoms with E-state index in [-0.39, 0.29) is 12.0 Å². The zero-order valence-electron chi connectivity index (χ0n) is 9.72. The van der Waals surface area contributed by atoms with Crippen molar-refractivity contribution >= 4 is 5.95 Å². The summed E-state index contributed by atoms with van der Waals surface area (Å²) in [6, 6.07) is 0.0584. The van der Waals surface area contributed by atoms with Crippen molar-refractivity contribution in [3.05, 3.63) is 18.0 Å². The summed E-state index contributed by atoms with van der Waals surface area (Å²) in [5, 5.41) is 0. The van der Waals surface area contributed by atoms with Crippen molar-refractivity contribution in [2.75, 3.05) is 25.4 Å². The molecule has 0 spiro atoms. The molecule has 1 fully saturated rings. The van der Waals surface area contributed by atoms with E-state index in [2.05, 4.69) is 14.9 Å². The number of hydrogen-bond acceptors (Lipinski definition) is 5. The molecule has 1 aromatic rings. The predicted octanol–water partition coefficient (Wildman–Crippen LogP) is 0.492. The van der Waals surface area contributed by atoms with Crippen molar-refractivity contribution in [3.8, 4) is 0 Å². The lowest BCUT2D eigenvalue weighted by Crippen LogP contribution is -2.40. The first-order valence-electron chi connectivity index (χ1n) is 5.86. The Bertz CT molecular complexity index is 347. The van der Waals surface area contributed by atoms with Gasteiger partial charge in [-0.1, -0.05) is 0 Å². The fourth-order valence-corrected chi connectivity index (χ4v) is 2.20. The van der Waals surface area contributed by atoms with Gasteiger partial charge in [0.25, 0.3) is 0 Å². The number of alkyl halides is 1. The number of halogens is 1. The van der Waals surface area contributed by atoms with E-state index in [9.17, 15) is 4.39 Å². The monoisotopic (exact) mass is 239 g/mol. The molecule has 1 aromatic heterocycles. The van der Waals surface area contributed by atoms with Gasteiger partial charge in [0, 0.05) is 37.6 Å². The van der Waals surface area contributed by atoms with E-state index < -0.39 is 6.17 Å². The molecule has 0 aromatic carbocycles. The summed E-state index contributed by atoms with van der Waals surface area (Å²) in [4.78, 5) is 10.1. The number of nitrogens with two attached hydrogens (primary N) is 2. The lowest BCUT2D eigenvalue weighted by molar-refractivity contribution is 0.113. The van der Waals surface area contributed by atoms with Gasteiger partial charge >= 0.3 is 0 Å². The molecule has 4 N–H and O–H groups in total. The van der Waals surface area contributed by atoms with Crippen LogP contribution < -0.4 is 11.5 Å². The van der Waals surface area contributed by atoms with Crippen molar-refractivity contribution in [1.82, 2.24) is 14.9 Å². The van der Waals surface area contributed by atoms with E-state index in [1.54, 1.807) is 12.4 Å². The van der Waals surface area contributed by atoms with Gasteiger partial charge in [-0.05, 0) is 12.8 Å². The van der Waals surface area contributed by atoms with Crippen LogP contribution in [0.15, 0.2) is 12.4 Å². The molecule has 0 aliphatic carbocycles. The Kier molecular flexibility index (Phi) is 3.86. The van der Waals surface area contributed by atoms with Crippen LogP contribution in [0.2, 0.25) is 0 Å². The van der Waals surface area contributed by atoms with E-state index in [1.807, 2.05) is 0 Å². The third-order valence-electron chi connectivity index (χ3n) is 3.20. The molecule has 1 atom stereocenters. The number of nitrogen functional groups attached to an aromatic ring is 1. The smallest absolute Gasteiger partial charge is 0.219 e. The Balaban J connectivity index is 2.08. The molecule has 0 bridgehead atoms. The highest BCUT2D eigenvalue weighted by molar-refractivity contribution is 5.20. The molecule has 1 saturated heterocycles. The fourth-order valence-electron chi connectivity index (χ4n) is 2.20. The van der Waals surface area contributed by atoms with Crippen LogP contribution in [0.4, 0.5) is 10.3 Å². The number of likely N-dealkylation sites (tertiary alicyclic amines) is 1. The summed E-state index contributed by atoms with van der Waals surface area (Å²) in [5.74, 6) is 0.256. The van der Waals surface area contributed by atoms with Gasteiger partial charge < -0.3 is 11.5 Å². The molecule has 17 heavy (non-hydrogen) atoms. The summed E-state index contributed by atoms with van der Waals surface area (Å²) in [7, 11) is 0. The highest BCUT2D eigenvalue weighted by Crippen LogP contribution is 2.24. The van der Waals surface area contributed by atoms with Gasteiger partial charge in [0.15, 0.2) is 0 Å². The van der Waals surface area contributed by atoms with Gasteiger partial charge in [0.2, 0.25) is 5.95 Å². The largest absolute Gasteiger partial charge is 0.368 e. The molecule has 0 amide bonds. The van der Waals surface area contributed by atoms with Crippen LogP contribution in [0.3, 0.4) is 0 Å². The molecule has 2 heterocycles. The van der Waals surface area contributed by atoms with Crippen molar-refractivity contribution < 1.29 is 4.39 Å². The topological polar surface area (TPSA) is 81.1 Å². The Morgan fingerprint density at radius 3 is 2.47 bits per heavy atom. The quantitative estimate of drug-likeness (QED) is 0.802. The predicted molar refractivity (Wildman–Crippen MR) is 63.9 cm³/mol. The second-order valence-corrected chi connectivity index (χ2v) is 4.34. The lowest BCUT2D eigenvalue weighted by Gasteiger charge is -2.34. The minimum absolute atomic E-state index is 0.0584. The van der Waals surface area contributed by atoms with Crippen LogP contribution in [-0.2, 0) is 0 Å². The number of aromatic nitrogens is 2. The van der Waals surface area contributed by atoms with Crippen molar-refractivity contribution in [1.29, 1.82) is 0 Å². The van der Waals surface area contributed by atoms with Crippen molar-refractivity contribution in [2.45, 2.75) is 25.1 Å². The third-order valence-corrected chi connectivity index (χ3v) is 3.20. The lowest BCUT2D eigenvalue weighted by atomic mass is 10.0. The fraction of sp³-hybridized carbons (Fsp3) is 0.636. The minimum atomic E-state index is -0.674. The highest BCUT2D eigenvalue weighted by Gasteiger charge is 2.25. The van der Waals surface area contributed by atoms with Gasteiger partial charge in [-0.2, -0.15) is 0 Å². The Morgan fingerprint density at radius 2 is 1.94 bits per heavy atom. The van der Waals surface area contributed by atoms with Gasteiger partial charge in [0.1, 0.15) is 6.17 Å². The summed E-state index contributed by atoms with van der Waals surface area (Å²) in [5.41, 5.74) is 12.2. The first-order chi connectivity index (χ1) is 8.20. The zero-order chi connectivity index (χ0) is 12.3. The van der Waals surface area contributed by atoms with E-state index >= 15 is 0 Å². The van der Waals surface area contributed by atoms with Crippen molar-refractivity contribution in [2.24, 2.45) is 5.73 Å². The molecule has 6 heteroatoms. The SMILES string of the molecule is NCC(c1cnc(N)nc1)N1CCC(F)CC1. The Morgan fingerprint density at radius 1 is 1.35 bits per heavy atom. The van der Waals surface area contributed by atoms with Crippen LogP contribution in [0.25, 0.3) is 0 Å². The number of nitrogens with zero attached hydrogens (tertiary/aromatic N) is 3. The van der Waals surface area contributed by atoms with E-state index in [0.717, 1.165) is 18.7 Å². The molecular formula is C11H18FN5. The molecule has 5 nitrogen and oxygen atoms in total. The maximum atomic E-state index is 13.1. The second kappa shape index (κ2) is 5.37.